The molecule has 0 amide bonds. The highest BCUT2D eigenvalue weighted by Gasteiger charge is 1.77. The summed E-state index contributed by atoms with van der Waals surface area (Å²) >= 11 is 0. The zero-order valence-corrected chi connectivity index (χ0v) is 6.17. The Labute approximate surface area is 61.2 Å². The molecule has 0 saturated carbocycles. The number of rotatable bonds is 4. The van der Waals surface area contributed by atoms with Crippen LogP contribution in [0.2, 0.25) is 0 Å². The second-order valence-electron chi connectivity index (χ2n) is 1.81. The Morgan fingerprint density at radius 3 is 2.90 bits per heavy atom. The maximum Gasteiger partial charge on any atom is 0.114 e. The molecule has 0 heterocycles. The van der Waals surface area contributed by atoms with Crippen molar-refractivity contribution in [2.24, 2.45) is 10.7 Å². The van der Waals surface area contributed by atoms with Crippen molar-refractivity contribution in [3.63, 3.8) is 0 Å². The molecule has 0 fully saturated rings. The van der Waals surface area contributed by atoms with E-state index in [1.807, 2.05) is 13.0 Å². The lowest BCUT2D eigenvalue weighted by molar-refractivity contribution is 1.01. The van der Waals surface area contributed by atoms with E-state index in [2.05, 4.69) is 4.99 Å². The van der Waals surface area contributed by atoms with Crippen LogP contribution in [-0.4, -0.2) is 18.6 Å². The molecule has 0 aliphatic carbocycles. The number of nitrogens with one attached hydrogen (secondary N) is 1. The van der Waals surface area contributed by atoms with Crippen LogP contribution < -0.4 is 5.73 Å². The molecule has 10 heavy (non-hydrogen) atoms. The molecule has 3 N–H and O–H groups in total. The minimum Gasteiger partial charge on any atom is -0.384 e. The molecule has 0 aromatic carbocycles. The fraction of sp³-hybridized carbons (Fsp3) is 0.429. The SMILES string of the molecule is C/C=N\CC/C=C/C(=N)N. The first-order chi connectivity index (χ1) is 4.77. The predicted octanol–water partition coefficient (Wildman–Crippen LogP) is 0.959. The van der Waals surface area contributed by atoms with Gasteiger partial charge in [0.2, 0.25) is 0 Å². The van der Waals surface area contributed by atoms with Crippen LogP contribution in [0.1, 0.15) is 13.3 Å². The van der Waals surface area contributed by atoms with Gasteiger partial charge in [0.05, 0.1) is 0 Å². The zero-order valence-electron chi connectivity index (χ0n) is 6.17. The monoisotopic (exact) mass is 139 g/mol. The van der Waals surface area contributed by atoms with Crippen LogP contribution in [0, 0.1) is 5.41 Å². The van der Waals surface area contributed by atoms with Crippen molar-refractivity contribution in [2.75, 3.05) is 6.54 Å². The van der Waals surface area contributed by atoms with E-state index in [4.69, 9.17) is 11.1 Å². The van der Waals surface area contributed by atoms with Crippen molar-refractivity contribution in [3.05, 3.63) is 12.2 Å². The summed E-state index contributed by atoms with van der Waals surface area (Å²) in [5.41, 5.74) is 5.07. The summed E-state index contributed by atoms with van der Waals surface area (Å²) in [6, 6.07) is 0. The smallest absolute Gasteiger partial charge is 0.114 e. The summed E-state index contributed by atoms with van der Waals surface area (Å²) in [6.45, 7) is 2.66. The normalized spacial score (nSPS) is 11.3. The Morgan fingerprint density at radius 1 is 1.70 bits per heavy atom. The molecule has 0 atom stereocenters. The van der Waals surface area contributed by atoms with E-state index in [9.17, 15) is 0 Å². The molecule has 0 rings (SSSR count). The summed E-state index contributed by atoms with van der Waals surface area (Å²) in [7, 11) is 0. The average molecular weight is 139 g/mol. The lowest BCUT2D eigenvalue weighted by atomic mass is 10.3. The molecule has 3 heteroatoms. The van der Waals surface area contributed by atoms with Gasteiger partial charge in [0.15, 0.2) is 0 Å². The molecule has 0 aromatic heterocycles. The number of nitrogens with two attached hydrogens (primary N) is 1. The van der Waals surface area contributed by atoms with Gasteiger partial charge in [-0.05, 0) is 25.6 Å². The zero-order chi connectivity index (χ0) is 7.82. The third-order valence-corrected chi connectivity index (χ3v) is 0.905. The molecule has 0 aromatic rings. The van der Waals surface area contributed by atoms with E-state index in [-0.39, 0.29) is 5.84 Å². The van der Waals surface area contributed by atoms with Crippen molar-refractivity contribution < 1.29 is 0 Å². The van der Waals surface area contributed by atoms with Crippen LogP contribution in [-0.2, 0) is 0 Å². The Bertz CT molecular complexity index is 147. The average Bonchev–Trinajstić information content (AvgIpc) is 1.87. The summed E-state index contributed by atoms with van der Waals surface area (Å²) in [5, 5.41) is 6.83. The molecule has 0 aliphatic rings. The van der Waals surface area contributed by atoms with Crippen molar-refractivity contribution in [1.82, 2.24) is 0 Å². The van der Waals surface area contributed by atoms with Gasteiger partial charge in [0.25, 0.3) is 0 Å². The highest BCUT2D eigenvalue weighted by molar-refractivity contribution is 5.88. The first kappa shape index (κ1) is 8.88. The minimum atomic E-state index is 0.0977. The van der Waals surface area contributed by atoms with Gasteiger partial charge in [-0.15, -0.1) is 0 Å². The number of amidine groups is 1. The highest BCUT2D eigenvalue weighted by atomic mass is 14.7. The second-order valence-corrected chi connectivity index (χ2v) is 1.81. The quantitative estimate of drug-likeness (QED) is 0.340. The van der Waals surface area contributed by atoms with Crippen LogP contribution in [0.5, 0.6) is 0 Å². The van der Waals surface area contributed by atoms with Crippen LogP contribution in [0.25, 0.3) is 0 Å². The summed E-state index contributed by atoms with van der Waals surface area (Å²) in [5.74, 6) is 0.0977. The van der Waals surface area contributed by atoms with Crippen molar-refractivity contribution in [3.8, 4) is 0 Å². The van der Waals surface area contributed by atoms with Gasteiger partial charge in [-0.25, -0.2) is 0 Å². The van der Waals surface area contributed by atoms with Gasteiger partial charge in [0.1, 0.15) is 5.84 Å². The molecule has 56 valence electrons. The van der Waals surface area contributed by atoms with Gasteiger partial charge in [-0.3, -0.25) is 10.4 Å². The van der Waals surface area contributed by atoms with Crippen LogP contribution >= 0.6 is 0 Å². The van der Waals surface area contributed by atoms with Crippen LogP contribution in [0.15, 0.2) is 17.1 Å². The van der Waals surface area contributed by atoms with Crippen molar-refractivity contribution in [2.45, 2.75) is 13.3 Å². The van der Waals surface area contributed by atoms with Gasteiger partial charge < -0.3 is 5.73 Å². The van der Waals surface area contributed by atoms with Gasteiger partial charge in [-0.1, -0.05) is 6.08 Å². The van der Waals surface area contributed by atoms with Gasteiger partial charge >= 0.3 is 0 Å². The number of hydrogen-bond donors (Lipinski definition) is 2. The Balaban J connectivity index is 3.27. The molecular weight excluding hydrogens is 126 g/mol. The molecule has 0 saturated heterocycles. The molecular formula is C7H13N3. The molecule has 0 unspecified atom stereocenters. The third-order valence-electron chi connectivity index (χ3n) is 0.905. The number of hydrogen-bond acceptors (Lipinski definition) is 2. The molecule has 0 spiro atoms. The van der Waals surface area contributed by atoms with E-state index >= 15 is 0 Å². The van der Waals surface area contributed by atoms with E-state index < -0.39 is 0 Å². The molecule has 0 bridgehead atoms. The van der Waals surface area contributed by atoms with E-state index in [1.165, 1.54) is 0 Å². The van der Waals surface area contributed by atoms with Crippen molar-refractivity contribution in [1.29, 1.82) is 5.41 Å². The molecule has 3 nitrogen and oxygen atoms in total. The maximum absolute atomic E-state index is 6.83. The fourth-order valence-corrected chi connectivity index (χ4v) is 0.488. The summed E-state index contributed by atoms with van der Waals surface area (Å²) < 4.78 is 0. The second kappa shape index (κ2) is 6.01. The van der Waals surface area contributed by atoms with E-state index in [0.29, 0.717) is 0 Å². The Morgan fingerprint density at radius 2 is 2.40 bits per heavy atom. The first-order valence-electron chi connectivity index (χ1n) is 3.22. The number of nitrogens with zero attached hydrogens (tertiary/aromatic N) is 1. The molecule has 0 aliphatic heterocycles. The lowest BCUT2D eigenvalue weighted by Crippen LogP contribution is -2.04. The van der Waals surface area contributed by atoms with Gasteiger partial charge in [-0.2, -0.15) is 0 Å². The Hall–Kier alpha value is -1.12. The van der Waals surface area contributed by atoms with Gasteiger partial charge in [0, 0.05) is 6.54 Å². The first-order valence-corrected chi connectivity index (χ1v) is 3.22. The minimum absolute atomic E-state index is 0.0977. The third kappa shape index (κ3) is 6.88. The standard InChI is InChI=1S/C7H13N3/c1-2-10-6-4-3-5-7(8)9/h2-3,5H,4,6H2,1H3,(H3,8,9)/b5-3+,10-2-. The fourth-order valence-electron chi connectivity index (χ4n) is 0.488. The predicted molar refractivity (Wildman–Crippen MR) is 44.7 cm³/mol. The summed E-state index contributed by atoms with van der Waals surface area (Å²) in [4.78, 5) is 3.98. The van der Waals surface area contributed by atoms with Crippen molar-refractivity contribution >= 4 is 12.1 Å². The maximum atomic E-state index is 6.83. The Kier molecular flexibility index (Phi) is 5.33. The largest absolute Gasteiger partial charge is 0.384 e. The lowest BCUT2D eigenvalue weighted by Gasteiger charge is -1.85. The summed E-state index contributed by atoms with van der Waals surface area (Å²) in [6.07, 6.45) is 6.03. The topological polar surface area (TPSA) is 62.2 Å². The molecule has 0 radical (unpaired) electrons. The van der Waals surface area contributed by atoms with E-state index in [1.54, 1.807) is 12.3 Å². The highest BCUT2D eigenvalue weighted by Crippen LogP contribution is 1.82. The number of aliphatic imine (C=N–C) groups is 1. The van der Waals surface area contributed by atoms with E-state index in [0.717, 1.165) is 13.0 Å². The van der Waals surface area contributed by atoms with Crippen LogP contribution in [0.4, 0.5) is 0 Å². The van der Waals surface area contributed by atoms with Crippen LogP contribution in [0.3, 0.4) is 0 Å².